The van der Waals surface area contributed by atoms with Gasteiger partial charge in [-0.3, -0.25) is 9.69 Å². The highest BCUT2D eigenvalue weighted by Gasteiger charge is 2.32. The lowest BCUT2D eigenvalue weighted by Crippen LogP contribution is -2.33. The molecular formula is C25H19Cl2F4N3O2. The van der Waals surface area contributed by atoms with Crippen molar-refractivity contribution in [2.24, 2.45) is 0 Å². The number of halogens is 6. The zero-order valence-electron chi connectivity index (χ0n) is 18.8. The maximum Gasteiger partial charge on any atom is 0.573 e. The molecule has 5 nitrogen and oxygen atoms in total. The molecule has 36 heavy (non-hydrogen) atoms. The second-order valence-corrected chi connectivity index (χ2v) is 8.58. The highest BCUT2D eigenvalue weighted by Crippen LogP contribution is 2.32. The smallest absolute Gasteiger partial charge is 0.404 e. The van der Waals surface area contributed by atoms with Crippen molar-refractivity contribution in [3.63, 3.8) is 0 Å². The van der Waals surface area contributed by atoms with Gasteiger partial charge in [-0.15, -0.1) is 13.2 Å². The maximum atomic E-state index is 13.6. The highest BCUT2D eigenvalue weighted by molar-refractivity contribution is 6.32. The zero-order chi connectivity index (χ0) is 26.5. The first-order valence-electron chi connectivity index (χ1n) is 10.5. The summed E-state index contributed by atoms with van der Waals surface area (Å²) >= 11 is 12.1. The van der Waals surface area contributed by atoms with Crippen molar-refractivity contribution in [1.29, 1.82) is 5.26 Å². The highest BCUT2D eigenvalue weighted by atomic mass is 35.5. The van der Waals surface area contributed by atoms with Crippen LogP contribution >= 0.6 is 23.2 Å². The first-order chi connectivity index (χ1) is 17.0. The number of carbonyl (C=O) groups excluding carboxylic acids is 1. The Kier molecular flexibility index (Phi) is 8.66. The van der Waals surface area contributed by atoms with Gasteiger partial charge in [0, 0.05) is 25.2 Å². The summed E-state index contributed by atoms with van der Waals surface area (Å²) in [6, 6.07) is 14.0. The Morgan fingerprint density at radius 1 is 1.03 bits per heavy atom. The Balaban J connectivity index is 1.93. The van der Waals surface area contributed by atoms with Crippen molar-refractivity contribution in [1.82, 2.24) is 4.90 Å². The van der Waals surface area contributed by atoms with Gasteiger partial charge in [0.05, 0.1) is 16.3 Å². The summed E-state index contributed by atoms with van der Waals surface area (Å²) in [5.41, 5.74) is 1.69. The summed E-state index contributed by atoms with van der Waals surface area (Å²) in [7, 11) is 1.49. The maximum absolute atomic E-state index is 13.6. The molecule has 1 amide bonds. The second kappa shape index (κ2) is 11.5. The first-order valence-corrected chi connectivity index (χ1v) is 11.2. The number of nitrogens with zero attached hydrogens (tertiary/aromatic N) is 3. The van der Waals surface area contributed by atoms with E-state index in [0.29, 0.717) is 17.7 Å². The van der Waals surface area contributed by atoms with Gasteiger partial charge in [0.15, 0.2) is 6.19 Å². The van der Waals surface area contributed by atoms with Crippen LogP contribution in [0.15, 0.2) is 60.7 Å². The molecule has 188 valence electrons. The fourth-order valence-corrected chi connectivity index (χ4v) is 3.85. The van der Waals surface area contributed by atoms with Gasteiger partial charge in [-0.05, 0) is 60.0 Å². The van der Waals surface area contributed by atoms with E-state index in [4.69, 9.17) is 23.2 Å². The molecule has 0 unspecified atom stereocenters. The Hall–Kier alpha value is -3.48. The molecule has 0 aliphatic carbocycles. The van der Waals surface area contributed by atoms with E-state index in [1.807, 2.05) is 6.19 Å². The van der Waals surface area contributed by atoms with Gasteiger partial charge in [0.1, 0.15) is 11.6 Å². The van der Waals surface area contributed by atoms with Crippen LogP contribution in [-0.2, 0) is 13.0 Å². The van der Waals surface area contributed by atoms with Gasteiger partial charge in [-0.25, -0.2) is 4.39 Å². The number of nitriles is 1. The quantitative estimate of drug-likeness (QED) is 0.179. The molecular weight excluding hydrogens is 521 g/mol. The van der Waals surface area contributed by atoms with Crippen LogP contribution in [0.4, 0.5) is 23.2 Å². The monoisotopic (exact) mass is 539 g/mol. The number of rotatable bonds is 8. The molecule has 0 radical (unpaired) electrons. The standard InChI is InChI=1S/C25H19Cl2F4N3O2/c1-33(15-32)22-8-5-18(26)13-20(22)24(35)34(11-10-16-2-6-19(28)7-3-16)14-17-4-9-23(21(27)12-17)36-25(29,30)31/h2-9,12-13H,10-11,14H2,1H3. The van der Waals surface area contributed by atoms with Crippen LogP contribution in [0.5, 0.6) is 5.75 Å². The van der Waals surface area contributed by atoms with Crippen LogP contribution in [0.1, 0.15) is 21.5 Å². The molecule has 0 bridgehead atoms. The third kappa shape index (κ3) is 7.26. The molecule has 0 atom stereocenters. The number of benzene rings is 3. The van der Waals surface area contributed by atoms with Crippen molar-refractivity contribution in [2.75, 3.05) is 18.5 Å². The third-order valence-corrected chi connectivity index (χ3v) is 5.70. The Labute approximate surface area is 215 Å². The van der Waals surface area contributed by atoms with E-state index in [1.54, 1.807) is 18.2 Å². The molecule has 0 aliphatic heterocycles. The lowest BCUT2D eigenvalue weighted by molar-refractivity contribution is -0.274. The molecule has 3 aromatic rings. The number of hydrogen-bond acceptors (Lipinski definition) is 4. The summed E-state index contributed by atoms with van der Waals surface area (Å²) in [6.45, 7) is 0.152. The van der Waals surface area contributed by atoms with Crippen LogP contribution in [0.3, 0.4) is 0 Å². The third-order valence-electron chi connectivity index (χ3n) is 5.17. The van der Waals surface area contributed by atoms with Crippen molar-refractivity contribution in [2.45, 2.75) is 19.3 Å². The van der Waals surface area contributed by atoms with Crippen molar-refractivity contribution < 1.29 is 27.1 Å². The van der Waals surface area contributed by atoms with Crippen molar-refractivity contribution in [3.8, 4) is 11.9 Å². The lowest BCUT2D eigenvalue weighted by Gasteiger charge is -2.25. The van der Waals surface area contributed by atoms with E-state index in [0.717, 1.165) is 11.6 Å². The van der Waals surface area contributed by atoms with Crippen LogP contribution in [0.25, 0.3) is 0 Å². The van der Waals surface area contributed by atoms with E-state index in [-0.39, 0.29) is 28.7 Å². The van der Waals surface area contributed by atoms with Crippen molar-refractivity contribution >= 4 is 34.8 Å². The first kappa shape index (κ1) is 27.1. The molecule has 0 aromatic heterocycles. The molecule has 11 heteroatoms. The number of anilines is 1. The summed E-state index contributed by atoms with van der Waals surface area (Å²) in [5, 5.41) is 9.34. The number of ether oxygens (including phenoxy) is 1. The minimum Gasteiger partial charge on any atom is -0.404 e. The van der Waals surface area contributed by atoms with E-state index < -0.39 is 23.8 Å². The molecule has 0 spiro atoms. The average Bonchev–Trinajstić information content (AvgIpc) is 2.82. The van der Waals surface area contributed by atoms with Crippen LogP contribution < -0.4 is 9.64 Å². The zero-order valence-corrected chi connectivity index (χ0v) is 20.3. The fraction of sp³-hybridized carbons (Fsp3) is 0.200. The normalized spacial score (nSPS) is 11.1. The topological polar surface area (TPSA) is 56.6 Å². The Morgan fingerprint density at radius 2 is 1.69 bits per heavy atom. The second-order valence-electron chi connectivity index (χ2n) is 7.74. The summed E-state index contributed by atoms with van der Waals surface area (Å²) in [6.07, 6.45) is -2.60. The van der Waals surface area contributed by atoms with E-state index >= 15 is 0 Å². The minimum atomic E-state index is -4.90. The van der Waals surface area contributed by atoms with Crippen LogP contribution in [0, 0.1) is 17.3 Å². The number of amides is 1. The Morgan fingerprint density at radius 3 is 2.31 bits per heavy atom. The van der Waals surface area contributed by atoms with Gasteiger partial charge in [-0.2, -0.15) is 5.26 Å². The SMILES string of the molecule is CN(C#N)c1ccc(Cl)cc1C(=O)N(CCc1ccc(F)cc1)Cc1ccc(OC(F)(F)F)c(Cl)c1. The fourth-order valence-electron chi connectivity index (χ4n) is 3.43. The average molecular weight is 540 g/mol. The number of alkyl halides is 3. The predicted octanol–water partition coefficient (Wildman–Crippen LogP) is 6.83. The predicted molar refractivity (Wildman–Crippen MR) is 128 cm³/mol. The number of hydrogen-bond donors (Lipinski definition) is 0. The minimum absolute atomic E-state index is 0.0196. The summed E-state index contributed by atoms with van der Waals surface area (Å²) in [4.78, 5) is 16.3. The molecule has 3 aromatic carbocycles. The van der Waals surface area contributed by atoms with Crippen LogP contribution in [0.2, 0.25) is 10.0 Å². The molecule has 0 saturated carbocycles. The van der Waals surface area contributed by atoms with Gasteiger partial charge >= 0.3 is 6.36 Å². The van der Waals surface area contributed by atoms with E-state index in [9.17, 15) is 27.6 Å². The van der Waals surface area contributed by atoms with E-state index in [1.165, 1.54) is 53.2 Å². The lowest BCUT2D eigenvalue weighted by atomic mass is 10.1. The number of carbonyl (C=O) groups is 1. The molecule has 0 fully saturated rings. The molecule has 0 N–H and O–H groups in total. The molecule has 0 saturated heterocycles. The van der Waals surface area contributed by atoms with Gasteiger partial charge in [0.25, 0.3) is 5.91 Å². The molecule has 0 aliphatic rings. The summed E-state index contributed by atoms with van der Waals surface area (Å²) < 4.78 is 54.9. The van der Waals surface area contributed by atoms with Gasteiger partial charge in [-0.1, -0.05) is 41.4 Å². The van der Waals surface area contributed by atoms with E-state index in [2.05, 4.69) is 4.74 Å². The largest absolute Gasteiger partial charge is 0.573 e. The van der Waals surface area contributed by atoms with Gasteiger partial charge < -0.3 is 9.64 Å². The van der Waals surface area contributed by atoms with Gasteiger partial charge in [0.2, 0.25) is 0 Å². The van der Waals surface area contributed by atoms with Crippen molar-refractivity contribution in [3.05, 3.63) is 93.2 Å². The Bertz CT molecular complexity index is 1280. The molecule has 3 rings (SSSR count). The molecule has 0 heterocycles. The summed E-state index contributed by atoms with van der Waals surface area (Å²) in [5.74, 6) is -1.43. The van der Waals surface area contributed by atoms with Crippen LogP contribution in [-0.4, -0.2) is 30.8 Å².